The molecular weight excluding hydrogens is 190 g/mol. The number of aryl methyl sites for hydroxylation is 1. The molecule has 1 aromatic heterocycles. The Kier molecular flexibility index (Phi) is 2.85. The van der Waals surface area contributed by atoms with E-state index in [9.17, 15) is 5.11 Å². The first-order valence-corrected chi connectivity index (χ1v) is 5.71. The van der Waals surface area contributed by atoms with Crippen molar-refractivity contribution in [2.24, 2.45) is 0 Å². The fourth-order valence-electron chi connectivity index (χ4n) is 2.50. The fourth-order valence-corrected chi connectivity index (χ4v) is 2.50. The van der Waals surface area contributed by atoms with Crippen LogP contribution in [0.3, 0.4) is 0 Å². The second-order valence-corrected chi connectivity index (χ2v) is 4.31. The molecule has 1 aliphatic rings. The van der Waals surface area contributed by atoms with E-state index < -0.39 is 5.60 Å². The lowest BCUT2D eigenvalue weighted by atomic mass is 9.78. The van der Waals surface area contributed by atoms with Gasteiger partial charge in [-0.2, -0.15) is 0 Å². The molecule has 0 saturated heterocycles. The monoisotopic (exact) mass is 209 g/mol. The Morgan fingerprint density at radius 3 is 3.20 bits per heavy atom. The van der Waals surface area contributed by atoms with E-state index in [1.165, 1.54) is 0 Å². The first kappa shape index (κ1) is 10.7. The minimum atomic E-state index is -0.753. The summed E-state index contributed by atoms with van der Waals surface area (Å²) in [6.07, 6.45) is 4.43. The lowest BCUT2D eigenvalue weighted by Gasteiger charge is -2.37. The Bertz CT molecular complexity index is 334. The molecule has 2 rings (SSSR count). The number of fused-ring (bicyclic) bond motifs is 1. The molecule has 84 valence electrons. The van der Waals surface area contributed by atoms with Gasteiger partial charge in [-0.1, -0.05) is 6.92 Å². The van der Waals surface area contributed by atoms with E-state index in [2.05, 4.69) is 12.2 Å². The quantitative estimate of drug-likeness (QED) is 0.798. The lowest BCUT2D eigenvalue weighted by Crippen LogP contribution is -2.48. The Hall–Kier alpha value is -0.800. The molecule has 0 aromatic carbocycles. The Morgan fingerprint density at radius 1 is 1.67 bits per heavy atom. The highest BCUT2D eigenvalue weighted by Gasteiger charge is 2.40. The summed E-state index contributed by atoms with van der Waals surface area (Å²) in [5.41, 5.74) is 0.221. The molecule has 0 bridgehead atoms. The maximum atomic E-state index is 10.7. The standard InChI is InChI=1S/C12H19NO2/c1-3-13-9(2)12(14)7-4-5-11-10(12)6-8-15-11/h6,8-9,13-14H,3-5,7H2,1-2H3. The van der Waals surface area contributed by atoms with Crippen LogP contribution in [0.1, 0.15) is 38.0 Å². The van der Waals surface area contributed by atoms with Crippen molar-refractivity contribution in [1.29, 1.82) is 0 Å². The van der Waals surface area contributed by atoms with Crippen LogP contribution in [0.5, 0.6) is 0 Å². The first-order valence-electron chi connectivity index (χ1n) is 5.71. The van der Waals surface area contributed by atoms with Gasteiger partial charge in [0.15, 0.2) is 0 Å². The van der Waals surface area contributed by atoms with Crippen molar-refractivity contribution < 1.29 is 9.52 Å². The molecule has 0 amide bonds. The van der Waals surface area contributed by atoms with Gasteiger partial charge in [-0.25, -0.2) is 0 Å². The van der Waals surface area contributed by atoms with E-state index in [1.54, 1.807) is 6.26 Å². The second kappa shape index (κ2) is 3.99. The predicted molar refractivity (Wildman–Crippen MR) is 58.7 cm³/mol. The van der Waals surface area contributed by atoms with Gasteiger partial charge in [-0.05, 0) is 32.4 Å². The highest BCUT2D eigenvalue weighted by molar-refractivity contribution is 5.29. The summed E-state index contributed by atoms with van der Waals surface area (Å²) in [5, 5.41) is 14.0. The van der Waals surface area contributed by atoms with Crippen LogP contribution in [-0.4, -0.2) is 17.7 Å². The number of nitrogens with one attached hydrogen (secondary N) is 1. The van der Waals surface area contributed by atoms with Gasteiger partial charge in [-0.3, -0.25) is 0 Å². The maximum Gasteiger partial charge on any atom is 0.109 e. The molecule has 3 nitrogen and oxygen atoms in total. The highest BCUT2D eigenvalue weighted by atomic mass is 16.3. The minimum absolute atomic E-state index is 0.0687. The maximum absolute atomic E-state index is 10.7. The van der Waals surface area contributed by atoms with Crippen LogP contribution in [0.15, 0.2) is 16.7 Å². The molecule has 0 spiro atoms. The molecule has 1 heterocycles. The van der Waals surface area contributed by atoms with Gasteiger partial charge in [0.2, 0.25) is 0 Å². The summed E-state index contributed by atoms with van der Waals surface area (Å²) in [6.45, 7) is 4.96. The molecule has 1 aliphatic carbocycles. The average molecular weight is 209 g/mol. The van der Waals surface area contributed by atoms with E-state index in [0.717, 1.165) is 37.1 Å². The molecular formula is C12H19NO2. The van der Waals surface area contributed by atoms with Crippen LogP contribution in [0, 0.1) is 0 Å². The van der Waals surface area contributed by atoms with Gasteiger partial charge in [0.1, 0.15) is 11.4 Å². The molecule has 1 aromatic rings. The van der Waals surface area contributed by atoms with Gasteiger partial charge < -0.3 is 14.8 Å². The zero-order chi connectivity index (χ0) is 10.9. The molecule has 2 atom stereocenters. The third kappa shape index (κ3) is 1.70. The van der Waals surface area contributed by atoms with Gasteiger partial charge >= 0.3 is 0 Å². The highest BCUT2D eigenvalue weighted by Crippen LogP contribution is 2.38. The van der Waals surface area contributed by atoms with E-state index in [4.69, 9.17) is 4.42 Å². The molecule has 2 unspecified atom stereocenters. The van der Waals surface area contributed by atoms with Crippen molar-refractivity contribution in [3.05, 3.63) is 23.7 Å². The van der Waals surface area contributed by atoms with Crippen molar-refractivity contribution in [1.82, 2.24) is 5.32 Å². The molecule has 0 aliphatic heterocycles. The summed E-state index contributed by atoms with van der Waals surface area (Å²) in [7, 11) is 0. The van der Waals surface area contributed by atoms with Crippen molar-refractivity contribution in [2.45, 2.75) is 44.8 Å². The zero-order valence-corrected chi connectivity index (χ0v) is 9.42. The summed E-state index contributed by atoms with van der Waals surface area (Å²) in [4.78, 5) is 0. The number of furan rings is 1. The molecule has 2 N–H and O–H groups in total. The van der Waals surface area contributed by atoms with Crippen LogP contribution in [0.2, 0.25) is 0 Å². The minimum Gasteiger partial charge on any atom is -0.469 e. The number of hydrogen-bond acceptors (Lipinski definition) is 3. The summed E-state index contributed by atoms with van der Waals surface area (Å²) < 4.78 is 5.39. The van der Waals surface area contributed by atoms with Gasteiger partial charge in [0.05, 0.1) is 6.26 Å². The van der Waals surface area contributed by atoms with Crippen LogP contribution in [0.4, 0.5) is 0 Å². The van der Waals surface area contributed by atoms with E-state index >= 15 is 0 Å². The smallest absolute Gasteiger partial charge is 0.109 e. The Labute approximate surface area is 90.5 Å². The van der Waals surface area contributed by atoms with Crippen molar-refractivity contribution >= 4 is 0 Å². The van der Waals surface area contributed by atoms with E-state index in [-0.39, 0.29) is 6.04 Å². The van der Waals surface area contributed by atoms with Crippen molar-refractivity contribution in [2.75, 3.05) is 6.54 Å². The molecule has 3 heteroatoms. The second-order valence-electron chi connectivity index (χ2n) is 4.31. The number of aliphatic hydroxyl groups is 1. The number of rotatable bonds is 3. The number of hydrogen-bond donors (Lipinski definition) is 2. The molecule has 0 radical (unpaired) electrons. The zero-order valence-electron chi connectivity index (χ0n) is 9.42. The molecule has 15 heavy (non-hydrogen) atoms. The fraction of sp³-hybridized carbons (Fsp3) is 0.667. The Balaban J connectivity index is 2.30. The van der Waals surface area contributed by atoms with Gasteiger partial charge in [0, 0.05) is 18.0 Å². The van der Waals surface area contributed by atoms with Crippen LogP contribution in [0.25, 0.3) is 0 Å². The SMILES string of the molecule is CCNC(C)C1(O)CCCc2occc21. The van der Waals surface area contributed by atoms with Gasteiger partial charge in [-0.15, -0.1) is 0 Å². The Morgan fingerprint density at radius 2 is 2.47 bits per heavy atom. The molecule has 0 saturated carbocycles. The average Bonchev–Trinajstić information content (AvgIpc) is 2.68. The van der Waals surface area contributed by atoms with Crippen LogP contribution in [-0.2, 0) is 12.0 Å². The van der Waals surface area contributed by atoms with Crippen molar-refractivity contribution in [3.8, 4) is 0 Å². The summed E-state index contributed by atoms with van der Waals surface area (Å²) in [6, 6.07) is 1.97. The normalized spacial score (nSPS) is 27.4. The topological polar surface area (TPSA) is 45.4 Å². The van der Waals surface area contributed by atoms with E-state index in [0.29, 0.717) is 0 Å². The number of likely N-dealkylation sites (N-methyl/N-ethyl adjacent to an activating group) is 1. The van der Waals surface area contributed by atoms with E-state index in [1.807, 2.05) is 13.0 Å². The van der Waals surface area contributed by atoms with Gasteiger partial charge in [0.25, 0.3) is 0 Å². The summed E-state index contributed by atoms with van der Waals surface area (Å²) in [5.74, 6) is 0.952. The van der Waals surface area contributed by atoms with Crippen LogP contribution >= 0.6 is 0 Å². The van der Waals surface area contributed by atoms with Crippen LogP contribution < -0.4 is 5.32 Å². The predicted octanol–water partition coefficient (Wildman–Crippen LogP) is 1.80. The summed E-state index contributed by atoms with van der Waals surface area (Å²) >= 11 is 0. The third-order valence-electron chi connectivity index (χ3n) is 3.40. The first-order chi connectivity index (χ1) is 7.18. The van der Waals surface area contributed by atoms with Crippen molar-refractivity contribution in [3.63, 3.8) is 0 Å². The molecule has 0 fully saturated rings. The lowest BCUT2D eigenvalue weighted by molar-refractivity contribution is -0.0148. The third-order valence-corrected chi connectivity index (χ3v) is 3.40. The largest absolute Gasteiger partial charge is 0.469 e.